The van der Waals surface area contributed by atoms with E-state index in [1.54, 1.807) is 12.5 Å². The number of anilines is 3. The minimum atomic E-state index is 0.442. The monoisotopic (exact) mass is 470 g/mol. The molecule has 0 radical (unpaired) electrons. The maximum atomic E-state index is 6.73. The van der Waals surface area contributed by atoms with Crippen molar-refractivity contribution < 1.29 is 0 Å². The third-order valence-electron chi connectivity index (χ3n) is 6.20. The van der Waals surface area contributed by atoms with Crippen LogP contribution in [0, 0.1) is 6.92 Å². The van der Waals surface area contributed by atoms with E-state index in [-0.39, 0.29) is 0 Å². The molecule has 0 aliphatic carbocycles. The Hall–Kier alpha value is -3.77. The van der Waals surface area contributed by atoms with Gasteiger partial charge in [0.25, 0.3) is 0 Å². The lowest BCUT2D eigenvalue weighted by Crippen LogP contribution is -2.20. The van der Waals surface area contributed by atoms with Gasteiger partial charge in [0.2, 0.25) is 0 Å². The fourth-order valence-electron chi connectivity index (χ4n) is 4.44. The first kappa shape index (κ1) is 22.0. The molecule has 0 aliphatic rings. The van der Waals surface area contributed by atoms with Gasteiger partial charge in [-0.2, -0.15) is 0 Å². The predicted octanol–water partition coefficient (Wildman–Crippen LogP) is 6.03. The van der Waals surface area contributed by atoms with Crippen molar-refractivity contribution in [3.8, 4) is 11.1 Å². The van der Waals surface area contributed by atoms with E-state index in [0.717, 1.165) is 58.4 Å². The molecular weight excluding hydrogens is 444 g/mol. The van der Waals surface area contributed by atoms with Crippen LogP contribution in [-0.2, 0) is 0 Å². The van der Waals surface area contributed by atoms with Gasteiger partial charge in [-0.05, 0) is 49.2 Å². The maximum absolute atomic E-state index is 6.73. The van der Waals surface area contributed by atoms with Crippen LogP contribution >= 0.6 is 11.6 Å². The normalized spacial score (nSPS) is 11.3. The number of nitrogen functional groups attached to an aromatic ring is 1. The van der Waals surface area contributed by atoms with Crippen LogP contribution in [0.2, 0.25) is 5.02 Å². The number of imidazole rings is 1. The van der Waals surface area contributed by atoms with E-state index in [1.165, 1.54) is 5.69 Å². The Morgan fingerprint density at radius 2 is 1.82 bits per heavy atom. The number of hydrogen-bond acceptors (Lipinski definition) is 5. The number of para-hydroxylation sites is 1. The minimum absolute atomic E-state index is 0.442. The van der Waals surface area contributed by atoms with Gasteiger partial charge in [-0.15, -0.1) is 0 Å². The number of aromatic nitrogens is 3. The van der Waals surface area contributed by atoms with Crippen LogP contribution in [0.1, 0.15) is 12.0 Å². The van der Waals surface area contributed by atoms with Crippen molar-refractivity contribution in [1.29, 1.82) is 0 Å². The smallest absolute Gasteiger partial charge is 0.150 e. The molecule has 172 valence electrons. The lowest BCUT2D eigenvalue weighted by atomic mass is 9.97. The summed E-state index contributed by atoms with van der Waals surface area (Å²) < 4.78 is 1.98. The second kappa shape index (κ2) is 9.23. The number of nitrogens with two attached hydrogens (primary N) is 1. The molecule has 0 saturated heterocycles. The second-order valence-corrected chi connectivity index (χ2v) is 8.88. The average Bonchev–Trinajstić information content (AvgIpc) is 3.34. The Balaban J connectivity index is 1.52. The van der Waals surface area contributed by atoms with Crippen LogP contribution in [-0.4, -0.2) is 34.5 Å². The topological polar surface area (TPSA) is 71.5 Å². The first-order valence-electron chi connectivity index (χ1n) is 11.3. The number of nitrogens with one attached hydrogen (secondary N) is 1. The number of aryl methyl sites for hydroxylation is 1. The lowest BCUT2D eigenvalue weighted by Gasteiger charge is -2.21. The summed E-state index contributed by atoms with van der Waals surface area (Å²) >= 11 is 6.73. The zero-order chi connectivity index (χ0) is 23.7. The highest BCUT2D eigenvalue weighted by molar-refractivity contribution is 6.34. The van der Waals surface area contributed by atoms with E-state index in [9.17, 15) is 0 Å². The van der Waals surface area contributed by atoms with Gasteiger partial charge in [0.15, 0.2) is 0 Å². The van der Waals surface area contributed by atoms with Crippen LogP contribution in [0.25, 0.3) is 27.7 Å². The zero-order valence-corrected chi connectivity index (χ0v) is 20.0. The SMILES string of the molecule is Cc1cccc(Cl)c1-c1c(NCCCN(C)c2ccccc2)ccc2c1nc(N)c1cncn12. The van der Waals surface area contributed by atoms with Gasteiger partial charge in [-0.25, -0.2) is 9.97 Å². The van der Waals surface area contributed by atoms with Crippen LogP contribution < -0.4 is 16.0 Å². The minimum Gasteiger partial charge on any atom is -0.384 e. The average molecular weight is 471 g/mol. The van der Waals surface area contributed by atoms with Gasteiger partial charge in [0.1, 0.15) is 11.3 Å². The first-order chi connectivity index (χ1) is 16.5. The number of halogens is 1. The van der Waals surface area contributed by atoms with Gasteiger partial charge in [0, 0.05) is 47.7 Å². The molecule has 3 aromatic carbocycles. The fraction of sp³-hybridized carbons (Fsp3) is 0.185. The highest BCUT2D eigenvalue weighted by atomic mass is 35.5. The molecule has 0 fully saturated rings. The molecule has 34 heavy (non-hydrogen) atoms. The van der Waals surface area contributed by atoms with Gasteiger partial charge in [-0.1, -0.05) is 41.9 Å². The van der Waals surface area contributed by atoms with E-state index in [0.29, 0.717) is 10.8 Å². The van der Waals surface area contributed by atoms with Crippen molar-refractivity contribution in [2.24, 2.45) is 0 Å². The van der Waals surface area contributed by atoms with E-state index in [4.69, 9.17) is 22.3 Å². The summed E-state index contributed by atoms with van der Waals surface area (Å²) in [5, 5.41) is 4.32. The van der Waals surface area contributed by atoms with Crippen molar-refractivity contribution in [2.75, 3.05) is 36.1 Å². The van der Waals surface area contributed by atoms with Gasteiger partial charge < -0.3 is 16.0 Å². The van der Waals surface area contributed by atoms with Crippen LogP contribution in [0.3, 0.4) is 0 Å². The molecule has 0 amide bonds. The molecule has 0 spiro atoms. The van der Waals surface area contributed by atoms with Crippen molar-refractivity contribution in [1.82, 2.24) is 14.4 Å². The summed E-state index contributed by atoms with van der Waals surface area (Å²) in [6.07, 6.45) is 4.48. The Morgan fingerprint density at radius 1 is 1.00 bits per heavy atom. The summed E-state index contributed by atoms with van der Waals surface area (Å²) in [7, 11) is 2.12. The van der Waals surface area contributed by atoms with Gasteiger partial charge in [0.05, 0.1) is 23.6 Å². The van der Waals surface area contributed by atoms with E-state index < -0.39 is 0 Å². The molecular formula is C27H27ClN6. The predicted molar refractivity (Wildman–Crippen MR) is 143 cm³/mol. The lowest BCUT2D eigenvalue weighted by molar-refractivity contribution is 0.817. The number of benzene rings is 3. The van der Waals surface area contributed by atoms with Crippen molar-refractivity contribution in [2.45, 2.75) is 13.3 Å². The quantitative estimate of drug-likeness (QED) is 0.284. The van der Waals surface area contributed by atoms with Crippen molar-refractivity contribution in [3.05, 3.63) is 83.8 Å². The van der Waals surface area contributed by atoms with Crippen LogP contribution in [0.15, 0.2) is 73.2 Å². The molecule has 2 aromatic heterocycles. The molecule has 5 rings (SSSR count). The molecule has 7 heteroatoms. The summed E-state index contributed by atoms with van der Waals surface area (Å²) in [6.45, 7) is 3.81. The standard InChI is InChI=1S/C27H27ClN6/c1-18-8-6-11-20(28)24(18)25-21(31-14-7-15-33(2)19-9-4-3-5-10-19)12-13-22-26(25)32-27(29)23-16-30-17-34(22)23/h3-6,8-13,16-17,31H,7,14-15H2,1-2H3,(H2,29,32). The molecule has 0 saturated carbocycles. The molecule has 3 N–H and O–H groups in total. The Bertz CT molecular complexity index is 1440. The number of rotatable bonds is 7. The largest absolute Gasteiger partial charge is 0.384 e. The highest BCUT2D eigenvalue weighted by Crippen LogP contribution is 2.41. The molecule has 2 heterocycles. The molecule has 0 atom stereocenters. The first-order valence-corrected chi connectivity index (χ1v) is 11.7. The Kier molecular flexibility index (Phi) is 5.99. The maximum Gasteiger partial charge on any atom is 0.150 e. The molecule has 0 unspecified atom stereocenters. The van der Waals surface area contributed by atoms with E-state index in [2.05, 4.69) is 71.6 Å². The fourth-order valence-corrected chi connectivity index (χ4v) is 4.76. The summed E-state index contributed by atoms with van der Waals surface area (Å²) in [4.78, 5) is 11.3. The Labute approximate surface area is 204 Å². The molecule has 5 aromatic rings. The zero-order valence-electron chi connectivity index (χ0n) is 19.3. The second-order valence-electron chi connectivity index (χ2n) is 8.47. The number of nitrogens with zero attached hydrogens (tertiary/aromatic N) is 4. The highest BCUT2D eigenvalue weighted by Gasteiger charge is 2.19. The summed E-state index contributed by atoms with van der Waals surface area (Å²) in [6, 6.07) is 20.5. The molecule has 0 aliphatic heterocycles. The van der Waals surface area contributed by atoms with Crippen molar-refractivity contribution in [3.63, 3.8) is 0 Å². The summed E-state index contributed by atoms with van der Waals surface area (Å²) in [5.74, 6) is 0.442. The number of fused-ring (bicyclic) bond motifs is 3. The van der Waals surface area contributed by atoms with Crippen LogP contribution in [0.5, 0.6) is 0 Å². The Morgan fingerprint density at radius 3 is 2.62 bits per heavy atom. The number of hydrogen-bond donors (Lipinski definition) is 2. The van der Waals surface area contributed by atoms with Crippen LogP contribution in [0.4, 0.5) is 17.2 Å². The molecule has 0 bridgehead atoms. The van der Waals surface area contributed by atoms with E-state index >= 15 is 0 Å². The van der Waals surface area contributed by atoms with Crippen molar-refractivity contribution >= 4 is 45.3 Å². The van der Waals surface area contributed by atoms with Gasteiger partial charge >= 0.3 is 0 Å². The third-order valence-corrected chi connectivity index (χ3v) is 6.52. The molecule has 6 nitrogen and oxygen atoms in total. The van der Waals surface area contributed by atoms with Gasteiger partial charge in [-0.3, -0.25) is 4.40 Å². The third kappa shape index (κ3) is 4.01. The summed E-state index contributed by atoms with van der Waals surface area (Å²) in [5.41, 5.74) is 14.0. The van der Waals surface area contributed by atoms with E-state index in [1.807, 2.05) is 22.6 Å².